The van der Waals surface area contributed by atoms with Gasteiger partial charge in [0.1, 0.15) is 5.75 Å². The molecule has 32 heavy (non-hydrogen) atoms. The molecule has 3 N–H and O–H groups in total. The largest absolute Gasteiger partial charge is 0.491 e. The van der Waals surface area contributed by atoms with Crippen molar-refractivity contribution in [1.82, 2.24) is 5.32 Å². The Hall–Kier alpha value is -3.71. The van der Waals surface area contributed by atoms with Crippen molar-refractivity contribution in [1.29, 1.82) is 0 Å². The molecule has 6 nitrogen and oxygen atoms in total. The normalized spacial score (nSPS) is 10.3. The van der Waals surface area contributed by atoms with E-state index in [2.05, 4.69) is 16.0 Å². The first kappa shape index (κ1) is 23.0. The van der Waals surface area contributed by atoms with Gasteiger partial charge in [0.25, 0.3) is 5.91 Å². The van der Waals surface area contributed by atoms with Crippen LogP contribution >= 0.6 is 12.2 Å². The average Bonchev–Trinajstić information content (AvgIpc) is 2.75. The Morgan fingerprint density at radius 1 is 0.875 bits per heavy atom. The molecule has 3 aromatic rings. The van der Waals surface area contributed by atoms with Crippen molar-refractivity contribution in [2.75, 3.05) is 10.6 Å². The second-order valence-electron chi connectivity index (χ2n) is 7.39. The molecule has 3 rings (SSSR count). The van der Waals surface area contributed by atoms with Gasteiger partial charge in [-0.05, 0) is 74.1 Å². The van der Waals surface area contributed by atoms with E-state index in [0.29, 0.717) is 29.1 Å². The predicted octanol–water partition coefficient (Wildman–Crippen LogP) is 4.78. The van der Waals surface area contributed by atoms with E-state index in [1.165, 1.54) is 0 Å². The molecule has 0 radical (unpaired) electrons. The first-order valence-electron chi connectivity index (χ1n) is 10.2. The number of ether oxygens (including phenoxy) is 1. The summed E-state index contributed by atoms with van der Waals surface area (Å²) in [6.07, 6.45) is 0.322. The third-order valence-electron chi connectivity index (χ3n) is 4.33. The monoisotopic (exact) mass is 447 g/mol. The maximum absolute atomic E-state index is 12.5. The molecule has 0 aliphatic rings. The van der Waals surface area contributed by atoms with Crippen LogP contribution < -0.4 is 20.7 Å². The van der Waals surface area contributed by atoms with Crippen LogP contribution in [0.5, 0.6) is 5.75 Å². The van der Waals surface area contributed by atoms with Crippen LogP contribution in [0.15, 0.2) is 78.9 Å². The van der Waals surface area contributed by atoms with Crippen molar-refractivity contribution in [2.24, 2.45) is 0 Å². The molecule has 0 aliphatic carbocycles. The Balaban J connectivity index is 1.51. The number of anilines is 2. The quantitative estimate of drug-likeness (QED) is 0.454. The molecule has 164 valence electrons. The summed E-state index contributed by atoms with van der Waals surface area (Å²) < 4.78 is 5.62. The summed E-state index contributed by atoms with van der Waals surface area (Å²) >= 11 is 5.25. The molecule has 0 bridgehead atoms. The molecule has 3 aromatic carbocycles. The second kappa shape index (κ2) is 11.1. The number of amides is 2. The van der Waals surface area contributed by atoms with Crippen LogP contribution in [-0.2, 0) is 11.2 Å². The van der Waals surface area contributed by atoms with Crippen LogP contribution in [0.2, 0.25) is 0 Å². The Bertz CT molecular complexity index is 1080. The number of carbonyl (C=O) groups excluding carboxylic acids is 2. The fourth-order valence-electron chi connectivity index (χ4n) is 2.94. The lowest BCUT2D eigenvalue weighted by Crippen LogP contribution is -2.34. The Morgan fingerprint density at radius 3 is 2.19 bits per heavy atom. The van der Waals surface area contributed by atoms with E-state index < -0.39 is 0 Å². The minimum Gasteiger partial charge on any atom is -0.491 e. The van der Waals surface area contributed by atoms with E-state index in [0.717, 1.165) is 5.56 Å². The number of benzene rings is 3. The highest BCUT2D eigenvalue weighted by atomic mass is 32.1. The zero-order valence-electron chi connectivity index (χ0n) is 17.9. The van der Waals surface area contributed by atoms with Gasteiger partial charge in [-0.3, -0.25) is 14.9 Å². The summed E-state index contributed by atoms with van der Waals surface area (Å²) in [5.41, 5.74) is 2.76. The fraction of sp³-hybridized carbons (Fsp3) is 0.160. The minimum absolute atomic E-state index is 0.0159. The third-order valence-corrected chi connectivity index (χ3v) is 4.53. The zero-order valence-corrected chi connectivity index (χ0v) is 18.7. The summed E-state index contributed by atoms with van der Waals surface area (Å²) in [6, 6.07) is 23.5. The van der Waals surface area contributed by atoms with Gasteiger partial charge in [0.05, 0.1) is 12.5 Å². The maximum Gasteiger partial charge on any atom is 0.257 e. The highest BCUT2D eigenvalue weighted by molar-refractivity contribution is 7.80. The van der Waals surface area contributed by atoms with Gasteiger partial charge in [-0.25, -0.2) is 0 Å². The Morgan fingerprint density at radius 2 is 1.53 bits per heavy atom. The summed E-state index contributed by atoms with van der Waals surface area (Å²) in [5.74, 6) is 0.196. The predicted molar refractivity (Wildman–Crippen MR) is 131 cm³/mol. The topological polar surface area (TPSA) is 79.5 Å². The first-order valence-corrected chi connectivity index (χ1v) is 10.6. The lowest BCUT2D eigenvalue weighted by atomic mass is 10.1. The van der Waals surface area contributed by atoms with Gasteiger partial charge in [0, 0.05) is 16.9 Å². The maximum atomic E-state index is 12.5. The van der Waals surface area contributed by atoms with Gasteiger partial charge in [-0.15, -0.1) is 0 Å². The SMILES string of the molecule is CC(C)Oc1cccc(C(=O)NC(=S)Nc2ccc(NC(=O)Cc3ccccc3)cc2)c1. The molecule has 0 saturated heterocycles. The molecule has 0 spiro atoms. The summed E-state index contributed by atoms with van der Waals surface area (Å²) in [4.78, 5) is 24.6. The summed E-state index contributed by atoms with van der Waals surface area (Å²) in [5, 5.41) is 8.66. The first-order chi connectivity index (χ1) is 15.4. The van der Waals surface area contributed by atoms with Crippen LogP contribution in [0.25, 0.3) is 0 Å². The molecule has 0 unspecified atom stereocenters. The standard InChI is InChI=1S/C25H25N3O3S/c1-17(2)31-22-10-6-9-19(16-22)24(30)28-25(32)27-21-13-11-20(12-14-21)26-23(29)15-18-7-4-3-5-8-18/h3-14,16-17H,15H2,1-2H3,(H,26,29)(H2,27,28,30,32). The number of rotatable bonds is 7. The van der Waals surface area contributed by atoms with E-state index in [9.17, 15) is 9.59 Å². The van der Waals surface area contributed by atoms with Gasteiger partial charge in [-0.1, -0.05) is 36.4 Å². The van der Waals surface area contributed by atoms with Crippen molar-refractivity contribution in [3.8, 4) is 5.75 Å². The van der Waals surface area contributed by atoms with Crippen LogP contribution in [0.1, 0.15) is 29.8 Å². The number of hydrogen-bond donors (Lipinski definition) is 3. The summed E-state index contributed by atoms with van der Waals surface area (Å²) in [7, 11) is 0. The van der Waals surface area contributed by atoms with Crippen LogP contribution in [-0.4, -0.2) is 23.0 Å². The lowest BCUT2D eigenvalue weighted by Gasteiger charge is -2.12. The van der Waals surface area contributed by atoms with E-state index in [-0.39, 0.29) is 23.0 Å². The van der Waals surface area contributed by atoms with E-state index in [1.54, 1.807) is 48.5 Å². The van der Waals surface area contributed by atoms with Crippen LogP contribution in [0, 0.1) is 0 Å². The minimum atomic E-state index is -0.332. The van der Waals surface area contributed by atoms with Gasteiger partial charge in [-0.2, -0.15) is 0 Å². The fourth-order valence-corrected chi connectivity index (χ4v) is 3.15. The van der Waals surface area contributed by atoms with E-state index in [4.69, 9.17) is 17.0 Å². The number of hydrogen-bond acceptors (Lipinski definition) is 4. The molecule has 0 aromatic heterocycles. The van der Waals surface area contributed by atoms with Gasteiger partial charge < -0.3 is 15.4 Å². The van der Waals surface area contributed by atoms with Crippen molar-refractivity contribution in [3.05, 3.63) is 90.0 Å². The molecule has 0 fully saturated rings. The molecular weight excluding hydrogens is 422 g/mol. The number of carbonyl (C=O) groups is 2. The molecule has 0 atom stereocenters. The van der Waals surface area contributed by atoms with Gasteiger partial charge in [0.2, 0.25) is 5.91 Å². The zero-order chi connectivity index (χ0) is 22.9. The summed E-state index contributed by atoms with van der Waals surface area (Å²) in [6.45, 7) is 3.84. The molecule has 0 saturated carbocycles. The van der Waals surface area contributed by atoms with Gasteiger partial charge in [0.15, 0.2) is 5.11 Å². The molecule has 0 heterocycles. The van der Waals surface area contributed by atoms with Crippen LogP contribution in [0.4, 0.5) is 11.4 Å². The molecule has 2 amide bonds. The average molecular weight is 448 g/mol. The second-order valence-corrected chi connectivity index (χ2v) is 7.80. The number of nitrogens with one attached hydrogen (secondary N) is 3. The van der Waals surface area contributed by atoms with Crippen molar-refractivity contribution in [2.45, 2.75) is 26.4 Å². The molecular formula is C25H25N3O3S. The molecule has 7 heteroatoms. The Kier molecular flexibility index (Phi) is 7.94. The molecule has 0 aliphatic heterocycles. The van der Waals surface area contributed by atoms with Gasteiger partial charge >= 0.3 is 0 Å². The highest BCUT2D eigenvalue weighted by Gasteiger charge is 2.10. The van der Waals surface area contributed by atoms with Crippen molar-refractivity contribution in [3.63, 3.8) is 0 Å². The van der Waals surface area contributed by atoms with E-state index >= 15 is 0 Å². The lowest BCUT2D eigenvalue weighted by molar-refractivity contribution is -0.115. The highest BCUT2D eigenvalue weighted by Crippen LogP contribution is 2.16. The van der Waals surface area contributed by atoms with E-state index in [1.807, 2.05) is 44.2 Å². The van der Waals surface area contributed by atoms with Crippen molar-refractivity contribution < 1.29 is 14.3 Å². The Labute approximate surface area is 193 Å². The van der Waals surface area contributed by atoms with Crippen LogP contribution in [0.3, 0.4) is 0 Å². The van der Waals surface area contributed by atoms with Crippen molar-refractivity contribution >= 4 is 40.5 Å². The smallest absolute Gasteiger partial charge is 0.257 e. The third kappa shape index (κ3) is 7.21. The number of thiocarbonyl (C=S) groups is 1.